The number of aromatic nitrogens is 1. The molecule has 1 aliphatic rings. The van der Waals surface area contributed by atoms with Gasteiger partial charge in [-0.1, -0.05) is 42.5 Å². The molecule has 0 fully saturated rings. The van der Waals surface area contributed by atoms with E-state index < -0.39 is 0 Å². The van der Waals surface area contributed by atoms with Crippen molar-refractivity contribution in [3.05, 3.63) is 83.5 Å². The second-order valence-electron chi connectivity index (χ2n) is 6.12. The lowest BCUT2D eigenvalue weighted by Gasteiger charge is -2.24. The fourth-order valence-corrected chi connectivity index (χ4v) is 3.96. The number of rotatable bonds is 4. The Morgan fingerprint density at radius 1 is 1.04 bits per heavy atom. The van der Waals surface area contributed by atoms with Crippen molar-refractivity contribution in [3.8, 4) is 10.4 Å². The van der Waals surface area contributed by atoms with Crippen LogP contribution in [0.15, 0.2) is 72.3 Å². The molecule has 1 aromatic carbocycles. The summed E-state index contributed by atoms with van der Waals surface area (Å²) in [5.74, 6) is 0. The molecule has 2 nitrogen and oxygen atoms in total. The number of benzene rings is 1. The van der Waals surface area contributed by atoms with E-state index in [1.807, 2.05) is 6.20 Å². The number of hydrogen-bond donors (Lipinski definition) is 1. The highest BCUT2D eigenvalue weighted by Gasteiger charge is 2.17. The van der Waals surface area contributed by atoms with E-state index >= 15 is 0 Å². The standard InChI is InChI=1S/C21H20N2S/c1-2-5-16(6-3-1)17-8-10-22-19(13-17)15-20-14-18(9-11-23-20)21-7-4-12-24-21/h1-9,11-12,14,19,22H,10,13,15H2. The van der Waals surface area contributed by atoms with Gasteiger partial charge in [0.15, 0.2) is 0 Å². The molecule has 120 valence electrons. The summed E-state index contributed by atoms with van der Waals surface area (Å²) in [6.07, 6.45) is 6.25. The molecular weight excluding hydrogens is 312 g/mol. The lowest BCUT2D eigenvalue weighted by molar-refractivity contribution is 0.528. The van der Waals surface area contributed by atoms with E-state index in [0.29, 0.717) is 6.04 Å². The number of nitrogens with one attached hydrogen (secondary N) is 1. The van der Waals surface area contributed by atoms with Crippen LogP contribution in [0, 0.1) is 0 Å². The molecule has 1 N–H and O–H groups in total. The van der Waals surface area contributed by atoms with Gasteiger partial charge in [0, 0.05) is 35.8 Å². The fraction of sp³-hybridized carbons (Fsp3) is 0.190. The van der Waals surface area contributed by atoms with E-state index in [9.17, 15) is 0 Å². The smallest absolute Gasteiger partial charge is 0.0425 e. The maximum Gasteiger partial charge on any atom is 0.0425 e. The minimum absolute atomic E-state index is 0.441. The molecule has 0 spiro atoms. The van der Waals surface area contributed by atoms with Gasteiger partial charge in [-0.15, -0.1) is 11.3 Å². The van der Waals surface area contributed by atoms with Crippen molar-refractivity contribution < 1.29 is 0 Å². The topological polar surface area (TPSA) is 24.9 Å². The predicted molar refractivity (Wildman–Crippen MR) is 102 cm³/mol. The first-order valence-electron chi connectivity index (χ1n) is 8.35. The maximum absolute atomic E-state index is 4.59. The zero-order chi connectivity index (χ0) is 16.2. The van der Waals surface area contributed by atoms with E-state index in [-0.39, 0.29) is 0 Å². The predicted octanol–water partition coefficient (Wildman–Crippen LogP) is 4.80. The van der Waals surface area contributed by atoms with Gasteiger partial charge in [-0.3, -0.25) is 4.98 Å². The number of hydrogen-bond acceptors (Lipinski definition) is 3. The van der Waals surface area contributed by atoms with Crippen LogP contribution in [-0.4, -0.2) is 17.6 Å². The fourth-order valence-electron chi connectivity index (χ4n) is 3.24. The van der Waals surface area contributed by atoms with E-state index in [4.69, 9.17) is 0 Å². The molecule has 0 bridgehead atoms. The van der Waals surface area contributed by atoms with Gasteiger partial charge in [0.25, 0.3) is 0 Å². The van der Waals surface area contributed by atoms with Gasteiger partial charge in [-0.2, -0.15) is 0 Å². The van der Waals surface area contributed by atoms with Crippen LogP contribution in [0.3, 0.4) is 0 Å². The normalized spacial score (nSPS) is 17.5. The molecule has 2 aromatic heterocycles. The Morgan fingerprint density at radius 2 is 1.96 bits per heavy atom. The summed E-state index contributed by atoms with van der Waals surface area (Å²) < 4.78 is 0. The molecule has 3 heterocycles. The zero-order valence-electron chi connectivity index (χ0n) is 13.5. The lowest BCUT2D eigenvalue weighted by Crippen LogP contribution is -2.34. The number of nitrogens with zero attached hydrogens (tertiary/aromatic N) is 1. The van der Waals surface area contributed by atoms with Crippen molar-refractivity contribution in [1.29, 1.82) is 0 Å². The molecule has 1 atom stereocenters. The van der Waals surface area contributed by atoms with E-state index in [1.165, 1.54) is 21.6 Å². The van der Waals surface area contributed by atoms with Gasteiger partial charge in [-0.25, -0.2) is 0 Å². The molecule has 1 aliphatic heterocycles. The monoisotopic (exact) mass is 332 g/mol. The average Bonchev–Trinajstić information content (AvgIpc) is 3.18. The summed E-state index contributed by atoms with van der Waals surface area (Å²) in [6.45, 7) is 0.930. The Morgan fingerprint density at radius 3 is 2.79 bits per heavy atom. The first-order valence-corrected chi connectivity index (χ1v) is 9.23. The maximum atomic E-state index is 4.59. The second kappa shape index (κ2) is 7.12. The minimum atomic E-state index is 0.441. The molecule has 3 aromatic rings. The summed E-state index contributed by atoms with van der Waals surface area (Å²) in [7, 11) is 0. The van der Waals surface area contributed by atoms with Crippen LogP contribution in [0.2, 0.25) is 0 Å². The molecule has 0 saturated heterocycles. The van der Waals surface area contributed by atoms with Gasteiger partial charge >= 0.3 is 0 Å². The van der Waals surface area contributed by atoms with E-state index in [1.54, 1.807) is 11.3 Å². The van der Waals surface area contributed by atoms with Crippen molar-refractivity contribution in [2.45, 2.75) is 18.9 Å². The van der Waals surface area contributed by atoms with Gasteiger partial charge in [0.2, 0.25) is 0 Å². The van der Waals surface area contributed by atoms with Gasteiger partial charge in [0.05, 0.1) is 0 Å². The SMILES string of the molecule is C1=C(c2ccccc2)CC(Cc2cc(-c3cccs3)ccn2)NC1. The highest BCUT2D eigenvalue weighted by molar-refractivity contribution is 7.13. The van der Waals surface area contributed by atoms with E-state index in [2.05, 4.69) is 76.4 Å². The van der Waals surface area contributed by atoms with Crippen molar-refractivity contribution in [3.63, 3.8) is 0 Å². The quantitative estimate of drug-likeness (QED) is 0.742. The van der Waals surface area contributed by atoms with Crippen LogP contribution >= 0.6 is 11.3 Å². The second-order valence-corrected chi connectivity index (χ2v) is 7.07. The summed E-state index contributed by atoms with van der Waals surface area (Å²) in [4.78, 5) is 5.89. The molecule has 1 unspecified atom stereocenters. The Balaban J connectivity index is 1.48. The first-order chi connectivity index (χ1) is 11.9. The van der Waals surface area contributed by atoms with Crippen LogP contribution < -0.4 is 5.32 Å². The average molecular weight is 332 g/mol. The summed E-state index contributed by atoms with van der Waals surface area (Å²) >= 11 is 1.78. The Kier molecular flexibility index (Phi) is 4.54. The molecule has 3 heteroatoms. The summed E-state index contributed by atoms with van der Waals surface area (Å²) in [6, 6.07) is 19.7. The third-order valence-electron chi connectivity index (χ3n) is 4.44. The van der Waals surface area contributed by atoms with Crippen molar-refractivity contribution in [1.82, 2.24) is 10.3 Å². The highest BCUT2D eigenvalue weighted by atomic mass is 32.1. The van der Waals surface area contributed by atoms with Gasteiger partial charge in [-0.05, 0) is 46.7 Å². The van der Waals surface area contributed by atoms with Crippen LogP contribution in [0.25, 0.3) is 16.0 Å². The molecule has 0 aliphatic carbocycles. The summed E-state index contributed by atoms with van der Waals surface area (Å²) in [5.41, 5.74) is 5.20. The van der Waals surface area contributed by atoms with Crippen molar-refractivity contribution in [2.75, 3.05) is 6.54 Å². The van der Waals surface area contributed by atoms with Crippen LogP contribution in [0.5, 0.6) is 0 Å². The molecule has 24 heavy (non-hydrogen) atoms. The Labute approximate surface area is 146 Å². The zero-order valence-corrected chi connectivity index (χ0v) is 14.3. The Bertz CT molecular complexity index is 822. The minimum Gasteiger partial charge on any atom is -0.310 e. The largest absolute Gasteiger partial charge is 0.310 e. The van der Waals surface area contributed by atoms with Crippen molar-refractivity contribution in [2.24, 2.45) is 0 Å². The Hall–Kier alpha value is -2.23. The highest BCUT2D eigenvalue weighted by Crippen LogP contribution is 2.26. The molecular formula is C21H20N2S. The molecule has 0 radical (unpaired) electrons. The lowest BCUT2D eigenvalue weighted by atomic mass is 9.93. The number of thiophene rings is 1. The van der Waals surface area contributed by atoms with Gasteiger partial charge in [0.1, 0.15) is 0 Å². The number of pyridine rings is 1. The molecule has 0 amide bonds. The van der Waals surface area contributed by atoms with Gasteiger partial charge < -0.3 is 5.32 Å². The van der Waals surface area contributed by atoms with Crippen molar-refractivity contribution >= 4 is 16.9 Å². The van der Waals surface area contributed by atoms with E-state index in [0.717, 1.165) is 25.1 Å². The third kappa shape index (κ3) is 3.48. The molecule has 0 saturated carbocycles. The molecule has 4 rings (SSSR count). The first kappa shape index (κ1) is 15.3. The third-order valence-corrected chi connectivity index (χ3v) is 5.36. The summed E-state index contributed by atoms with van der Waals surface area (Å²) in [5, 5.41) is 5.73. The van der Waals surface area contributed by atoms with Crippen LogP contribution in [-0.2, 0) is 6.42 Å². The van der Waals surface area contributed by atoms with Crippen LogP contribution in [0.4, 0.5) is 0 Å². The van der Waals surface area contributed by atoms with Crippen LogP contribution in [0.1, 0.15) is 17.7 Å².